The van der Waals surface area contributed by atoms with E-state index in [1.54, 1.807) is 31.0 Å². The lowest BCUT2D eigenvalue weighted by Crippen LogP contribution is -2.29. The third-order valence-electron chi connectivity index (χ3n) is 2.81. The molecule has 0 saturated carbocycles. The highest BCUT2D eigenvalue weighted by Crippen LogP contribution is 2.14. The Morgan fingerprint density at radius 2 is 2.06 bits per heavy atom. The summed E-state index contributed by atoms with van der Waals surface area (Å²) in [7, 11) is 1.71. The topological polar surface area (TPSA) is 20.3 Å². The number of nitrogens with zero attached hydrogens (tertiary/aromatic N) is 1. The van der Waals surface area contributed by atoms with Gasteiger partial charge in [-0.2, -0.15) is 0 Å². The van der Waals surface area contributed by atoms with Crippen molar-refractivity contribution in [3.05, 3.63) is 35.1 Å². The molecule has 2 nitrogen and oxygen atoms in total. The molecule has 1 aromatic carbocycles. The lowest BCUT2D eigenvalue weighted by atomic mass is 10.1. The Kier molecular flexibility index (Phi) is 4.67. The smallest absolute Gasteiger partial charge is 0.256 e. The Labute approximate surface area is 102 Å². The number of hydrogen-bond donors (Lipinski definition) is 0. The van der Waals surface area contributed by atoms with Crippen LogP contribution in [0.3, 0.4) is 0 Å². The van der Waals surface area contributed by atoms with Crippen LogP contribution in [0.25, 0.3) is 0 Å². The van der Waals surface area contributed by atoms with E-state index in [0.717, 1.165) is 6.42 Å². The van der Waals surface area contributed by atoms with Crippen LogP contribution in [-0.2, 0) is 0 Å². The van der Waals surface area contributed by atoms with Crippen LogP contribution in [0.1, 0.15) is 36.2 Å². The van der Waals surface area contributed by atoms with Crippen LogP contribution in [0.5, 0.6) is 0 Å². The van der Waals surface area contributed by atoms with Crippen molar-refractivity contribution >= 4 is 5.91 Å². The van der Waals surface area contributed by atoms with Gasteiger partial charge >= 0.3 is 0 Å². The first-order valence-electron chi connectivity index (χ1n) is 5.94. The fourth-order valence-electron chi connectivity index (χ4n) is 1.57. The number of halogens is 1. The lowest BCUT2D eigenvalue weighted by Gasteiger charge is -2.19. The molecule has 1 amide bonds. The molecule has 0 aromatic heterocycles. The molecule has 1 rings (SSSR count). The maximum Gasteiger partial charge on any atom is 0.256 e. The summed E-state index contributed by atoms with van der Waals surface area (Å²) in [6, 6.07) is 4.92. The van der Waals surface area contributed by atoms with Crippen molar-refractivity contribution in [3.63, 3.8) is 0 Å². The van der Waals surface area contributed by atoms with E-state index < -0.39 is 5.82 Å². The molecule has 0 heterocycles. The SMILES string of the molecule is Cc1cccc(C(=O)N(C)CCC(C)C)c1F. The van der Waals surface area contributed by atoms with E-state index in [2.05, 4.69) is 13.8 Å². The van der Waals surface area contributed by atoms with E-state index in [9.17, 15) is 9.18 Å². The molecule has 0 radical (unpaired) electrons. The largest absolute Gasteiger partial charge is 0.342 e. The second-order valence-electron chi connectivity index (χ2n) is 4.85. The van der Waals surface area contributed by atoms with Crippen molar-refractivity contribution in [2.45, 2.75) is 27.2 Å². The molecule has 0 N–H and O–H groups in total. The van der Waals surface area contributed by atoms with Crippen molar-refractivity contribution in [2.24, 2.45) is 5.92 Å². The molecule has 0 atom stereocenters. The number of carbonyl (C=O) groups excluding carboxylic acids is 1. The average Bonchev–Trinajstić information content (AvgIpc) is 2.28. The minimum absolute atomic E-state index is 0.163. The summed E-state index contributed by atoms with van der Waals surface area (Å²) in [6.07, 6.45) is 0.926. The van der Waals surface area contributed by atoms with Gasteiger partial charge in [0, 0.05) is 13.6 Å². The van der Waals surface area contributed by atoms with Gasteiger partial charge in [0.1, 0.15) is 5.82 Å². The van der Waals surface area contributed by atoms with Gasteiger partial charge in [0.25, 0.3) is 5.91 Å². The van der Waals surface area contributed by atoms with E-state index >= 15 is 0 Å². The van der Waals surface area contributed by atoms with Gasteiger partial charge in [0.05, 0.1) is 5.56 Å². The third-order valence-corrected chi connectivity index (χ3v) is 2.81. The van der Waals surface area contributed by atoms with Crippen molar-refractivity contribution in [3.8, 4) is 0 Å². The van der Waals surface area contributed by atoms with E-state index in [1.807, 2.05) is 0 Å². The zero-order valence-electron chi connectivity index (χ0n) is 11.0. The average molecular weight is 237 g/mol. The predicted octanol–water partition coefficient (Wildman–Crippen LogP) is 3.25. The second-order valence-corrected chi connectivity index (χ2v) is 4.85. The second kappa shape index (κ2) is 5.80. The predicted molar refractivity (Wildman–Crippen MR) is 67.6 cm³/mol. The molecule has 0 spiro atoms. The van der Waals surface area contributed by atoms with Crippen LogP contribution in [0.4, 0.5) is 4.39 Å². The first-order chi connectivity index (χ1) is 7.93. The van der Waals surface area contributed by atoms with Gasteiger partial charge in [-0.15, -0.1) is 0 Å². The quantitative estimate of drug-likeness (QED) is 0.787. The molecular formula is C14H20FNO. The van der Waals surface area contributed by atoms with Gasteiger partial charge in [0.15, 0.2) is 0 Å². The van der Waals surface area contributed by atoms with Crippen LogP contribution >= 0.6 is 0 Å². The number of carbonyl (C=O) groups is 1. The van der Waals surface area contributed by atoms with E-state index in [4.69, 9.17) is 0 Å². The van der Waals surface area contributed by atoms with Crippen LogP contribution < -0.4 is 0 Å². The molecule has 3 heteroatoms. The molecule has 94 valence electrons. The number of hydrogen-bond acceptors (Lipinski definition) is 1. The van der Waals surface area contributed by atoms with E-state index in [-0.39, 0.29) is 11.5 Å². The Bertz CT molecular complexity index is 401. The fourth-order valence-corrected chi connectivity index (χ4v) is 1.57. The molecule has 0 aliphatic heterocycles. The Morgan fingerprint density at radius 3 is 2.65 bits per heavy atom. The molecule has 1 aromatic rings. The van der Waals surface area contributed by atoms with Crippen molar-refractivity contribution in [1.82, 2.24) is 4.90 Å². The van der Waals surface area contributed by atoms with E-state index in [0.29, 0.717) is 18.0 Å². The van der Waals surface area contributed by atoms with Gasteiger partial charge in [0.2, 0.25) is 0 Å². The Balaban J connectivity index is 2.78. The van der Waals surface area contributed by atoms with Crippen molar-refractivity contribution in [2.75, 3.05) is 13.6 Å². The Morgan fingerprint density at radius 1 is 1.41 bits per heavy atom. The monoisotopic (exact) mass is 237 g/mol. The minimum Gasteiger partial charge on any atom is -0.342 e. The standard InChI is InChI=1S/C14H20FNO/c1-10(2)8-9-16(4)14(17)12-7-5-6-11(3)13(12)15/h5-7,10H,8-9H2,1-4H3. The van der Waals surface area contributed by atoms with Crippen LogP contribution in [-0.4, -0.2) is 24.4 Å². The number of amides is 1. The summed E-state index contributed by atoms with van der Waals surface area (Å²) in [5.74, 6) is -0.117. The van der Waals surface area contributed by atoms with Gasteiger partial charge < -0.3 is 4.90 Å². The zero-order valence-corrected chi connectivity index (χ0v) is 11.0. The summed E-state index contributed by atoms with van der Waals surface area (Å²) in [5.41, 5.74) is 0.671. The van der Waals surface area contributed by atoms with Crippen LogP contribution in [0, 0.1) is 18.7 Å². The maximum atomic E-state index is 13.8. The maximum absolute atomic E-state index is 13.8. The molecule has 0 aliphatic carbocycles. The van der Waals surface area contributed by atoms with Gasteiger partial charge in [-0.3, -0.25) is 4.79 Å². The highest BCUT2D eigenvalue weighted by atomic mass is 19.1. The van der Waals surface area contributed by atoms with Crippen molar-refractivity contribution in [1.29, 1.82) is 0 Å². The molecular weight excluding hydrogens is 217 g/mol. The lowest BCUT2D eigenvalue weighted by molar-refractivity contribution is 0.0784. The molecule has 0 aliphatic rings. The third kappa shape index (κ3) is 3.55. The summed E-state index contributed by atoms with van der Waals surface area (Å²) in [6.45, 7) is 6.53. The molecule has 0 saturated heterocycles. The minimum atomic E-state index is -0.408. The number of aryl methyl sites for hydroxylation is 1. The normalized spacial score (nSPS) is 10.7. The highest BCUT2D eigenvalue weighted by molar-refractivity contribution is 5.94. The number of rotatable bonds is 4. The summed E-state index contributed by atoms with van der Waals surface area (Å²) in [4.78, 5) is 13.6. The van der Waals surface area contributed by atoms with E-state index in [1.165, 1.54) is 6.07 Å². The van der Waals surface area contributed by atoms with Crippen molar-refractivity contribution < 1.29 is 9.18 Å². The van der Waals surface area contributed by atoms with Crippen LogP contribution in [0.15, 0.2) is 18.2 Å². The summed E-state index contributed by atoms with van der Waals surface area (Å²) in [5, 5.41) is 0. The molecule has 0 fully saturated rings. The summed E-state index contributed by atoms with van der Waals surface area (Å²) < 4.78 is 13.8. The summed E-state index contributed by atoms with van der Waals surface area (Å²) >= 11 is 0. The van der Waals surface area contributed by atoms with Crippen LogP contribution in [0.2, 0.25) is 0 Å². The highest BCUT2D eigenvalue weighted by Gasteiger charge is 2.16. The molecule has 0 bridgehead atoms. The molecule has 17 heavy (non-hydrogen) atoms. The zero-order chi connectivity index (χ0) is 13.0. The van der Waals surface area contributed by atoms with Gasteiger partial charge in [-0.1, -0.05) is 26.0 Å². The van der Waals surface area contributed by atoms with Gasteiger partial charge in [-0.25, -0.2) is 4.39 Å². The number of benzene rings is 1. The van der Waals surface area contributed by atoms with Gasteiger partial charge in [-0.05, 0) is 30.9 Å². The fraction of sp³-hybridized carbons (Fsp3) is 0.500. The first-order valence-corrected chi connectivity index (χ1v) is 5.94. The molecule has 0 unspecified atom stereocenters. The first kappa shape index (κ1) is 13.7. The Hall–Kier alpha value is -1.38.